The molecule has 2 unspecified atom stereocenters. The molecule has 2 rings (SSSR count). The molecule has 1 aromatic rings. The van der Waals surface area contributed by atoms with Gasteiger partial charge in [0, 0.05) is 12.1 Å². The van der Waals surface area contributed by atoms with Crippen molar-refractivity contribution in [3.05, 3.63) is 35.4 Å². The summed E-state index contributed by atoms with van der Waals surface area (Å²) in [5.41, 5.74) is -0.0743. The van der Waals surface area contributed by atoms with Crippen molar-refractivity contribution in [2.24, 2.45) is 5.92 Å². The Morgan fingerprint density at radius 2 is 2.22 bits per heavy atom. The van der Waals surface area contributed by atoms with E-state index in [1.807, 2.05) is 6.92 Å². The average Bonchev–Trinajstić information content (AvgIpc) is 2.77. The Balaban J connectivity index is 2.20. The summed E-state index contributed by atoms with van der Waals surface area (Å²) >= 11 is 0. The van der Waals surface area contributed by atoms with Gasteiger partial charge in [0.1, 0.15) is 11.6 Å². The third-order valence-electron chi connectivity index (χ3n) is 3.08. The Labute approximate surface area is 104 Å². The molecular formula is C13H15F2NO2. The summed E-state index contributed by atoms with van der Waals surface area (Å²) in [6.45, 7) is 3.35. The molecule has 2 atom stereocenters. The number of nitrogens with one attached hydrogen (secondary N) is 1. The molecule has 0 bridgehead atoms. The maximum atomic E-state index is 13.5. The smallest absolute Gasteiger partial charge is 0.172 e. The minimum absolute atomic E-state index is 0.0743. The lowest BCUT2D eigenvalue weighted by molar-refractivity contribution is 0.0887. The number of rotatable bonds is 4. The highest BCUT2D eigenvalue weighted by molar-refractivity contribution is 5.98. The van der Waals surface area contributed by atoms with Crippen molar-refractivity contribution in [1.29, 1.82) is 0 Å². The van der Waals surface area contributed by atoms with Crippen LogP contribution in [0.2, 0.25) is 0 Å². The number of ketones is 1. The molecule has 0 aromatic heterocycles. The van der Waals surface area contributed by atoms with E-state index < -0.39 is 17.6 Å². The zero-order valence-electron chi connectivity index (χ0n) is 10.1. The van der Waals surface area contributed by atoms with Gasteiger partial charge in [0.2, 0.25) is 0 Å². The van der Waals surface area contributed by atoms with Gasteiger partial charge in [-0.25, -0.2) is 8.78 Å². The zero-order valence-corrected chi connectivity index (χ0v) is 10.1. The first kappa shape index (κ1) is 13.1. The number of halogens is 2. The normalized spacial score (nSPS) is 23.3. The molecule has 1 heterocycles. The third kappa shape index (κ3) is 2.57. The largest absolute Gasteiger partial charge is 0.379 e. The summed E-state index contributed by atoms with van der Waals surface area (Å²) < 4.78 is 31.6. The summed E-state index contributed by atoms with van der Waals surface area (Å²) in [5.74, 6) is -2.25. The molecule has 1 aliphatic rings. The molecular weight excluding hydrogens is 240 g/mol. The van der Waals surface area contributed by atoms with Gasteiger partial charge in [-0.05, 0) is 18.7 Å². The van der Waals surface area contributed by atoms with Crippen molar-refractivity contribution < 1.29 is 18.3 Å². The highest BCUT2D eigenvalue weighted by Crippen LogP contribution is 2.21. The SMILES string of the molecule is CCNC1COCC1C(=O)c1ccc(F)cc1F. The van der Waals surface area contributed by atoms with Crippen molar-refractivity contribution in [2.75, 3.05) is 19.8 Å². The van der Waals surface area contributed by atoms with Crippen LogP contribution in [0.1, 0.15) is 17.3 Å². The van der Waals surface area contributed by atoms with Crippen molar-refractivity contribution >= 4 is 5.78 Å². The zero-order chi connectivity index (χ0) is 13.1. The van der Waals surface area contributed by atoms with Crippen LogP contribution in [0.15, 0.2) is 18.2 Å². The number of Topliss-reactive ketones (excluding diaryl/α,β-unsaturated/α-hetero) is 1. The summed E-state index contributed by atoms with van der Waals surface area (Å²) in [5, 5.41) is 3.13. The minimum Gasteiger partial charge on any atom is -0.379 e. The van der Waals surface area contributed by atoms with Gasteiger partial charge in [-0.3, -0.25) is 4.79 Å². The second-order valence-electron chi connectivity index (χ2n) is 4.30. The van der Waals surface area contributed by atoms with Crippen LogP contribution in [0.5, 0.6) is 0 Å². The molecule has 5 heteroatoms. The fourth-order valence-corrected chi connectivity index (χ4v) is 2.17. The molecule has 1 N–H and O–H groups in total. The fraction of sp³-hybridized carbons (Fsp3) is 0.462. The molecule has 0 aliphatic carbocycles. The van der Waals surface area contributed by atoms with E-state index in [2.05, 4.69) is 5.32 Å². The molecule has 0 radical (unpaired) electrons. The molecule has 98 valence electrons. The number of ether oxygens (including phenoxy) is 1. The van der Waals surface area contributed by atoms with Gasteiger partial charge in [0.25, 0.3) is 0 Å². The van der Waals surface area contributed by atoms with E-state index in [-0.39, 0.29) is 24.0 Å². The standard InChI is InChI=1S/C13H15F2NO2/c1-2-16-12-7-18-6-10(12)13(17)9-4-3-8(14)5-11(9)15/h3-5,10,12,16H,2,6-7H2,1H3. The van der Waals surface area contributed by atoms with Crippen molar-refractivity contribution in [1.82, 2.24) is 5.32 Å². The van der Waals surface area contributed by atoms with Gasteiger partial charge in [-0.1, -0.05) is 6.92 Å². The quantitative estimate of drug-likeness (QED) is 0.833. The van der Waals surface area contributed by atoms with E-state index in [1.54, 1.807) is 0 Å². The molecule has 0 spiro atoms. The van der Waals surface area contributed by atoms with Gasteiger partial charge in [0.05, 0.1) is 24.7 Å². The first-order chi connectivity index (χ1) is 8.63. The lowest BCUT2D eigenvalue weighted by Crippen LogP contribution is -2.39. The molecule has 1 aliphatic heterocycles. The van der Waals surface area contributed by atoms with Crippen LogP contribution in [0.25, 0.3) is 0 Å². The van der Waals surface area contributed by atoms with E-state index in [9.17, 15) is 13.6 Å². The maximum Gasteiger partial charge on any atom is 0.172 e. The van der Waals surface area contributed by atoms with Crippen molar-refractivity contribution in [3.63, 3.8) is 0 Å². The van der Waals surface area contributed by atoms with Gasteiger partial charge in [0.15, 0.2) is 5.78 Å². The number of carbonyl (C=O) groups is 1. The topological polar surface area (TPSA) is 38.3 Å². The lowest BCUT2D eigenvalue weighted by Gasteiger charge is -2.17. The Morgan fingerprint density at radius 1 is 1.44 bits per heavy atom. The van der Waals surface area contributed by atoms with Crippen LogP contribution < -0.4 is 5.32 Å². The predicted octanol–water partition coefficient (Wildman–Crippen LogP) is 1.77. The summed E-state index contributed by atoms with van der Waals surface area (Å²) in [6, 6.07) is 2.90. The molecule has 3 nitrogen and oxygen atoms in total. The van der Waals surface area contributed by atoms with Crippen molar-refractivity contribution in [2.45, 2.75) is 13.0 Å². The number of hydrogen-bond donors (Lipinski definition) is 1. The van der Waals surface area contributed by atoms with Crippen LogP contribution in [0, 0.1) is 17.6 Å². The average molecular weight is 255 g/mol. The summed E-state index contributed by atoms with van der Waals surface area (Å²) in [4.78, 5) is 12.2. The first-order valence-corrected chi connectivity index (χ1v) is 5.94. The molecule has 0 saturated carbocycles. The number of benzene rings is 1. The van der Waals surface area contributed by atoms with Crippen LogP contribution in [0.4, 0.5) is 8.78 Å². The van der Waals surface area contributed by atoms with Gasteiger partial charge in [-0.15, -0.1) is 0 Å². The summed E-state index contributed by atoms with van der Waals surface area (Å²) in [6.07, 6.45) is 0. The first-order valence-electron chi connectivity index (χ1n) is 5.94. The van der Waals surface area contributed by atoms with Crippen LogP contribution >= 0.6 is 0 Å². The predicted molar refractivity (Wildman–Crippen MR) is 62.5 cm³/mol. The van der Waals surface area contributed by atoms with E-state index in [0.717, 1.165) is 12.1 Å². The molecule has 1 aromatic carbocycles. The molecule has 0 amide bonds. The molecule has 1 saturated heterocycles. The molecule has 18 heavy (non-hydrogen) atoms. The third-order valence-corrected chi connectivity index (χ3v) is 3.08. The Kier molecular flexibility index (Phi) is 4.04. The van der Waals surface area contributed by atoms with Crippen molar-refractivity contribution in [3.8, 4) is 0 Å². The van der Waals surface area contributed by atoms with Gasteiger partial charge < -0.3 is 10.1 Å². The van der Waals surface area contributed by atoms with E-state index in [4.69, 9.17) is 4.74 Å². The fourth-order valence-electron chi connectivity index (χ4n) is 2.17. The molecule has 1 fully saturated rings. The Hall–Kier alpha value is -1.33. The second kappa shape index (κ2) is 5.54. The van der Waals surface area contributed by atoms with Gasteiger partial charge >= 0.3 is 0 Å². The van der Waals surface area contributed by atoms with Crippen LogP contribution in [-0.2, 0) is 4.74 Å². The highest BCUT2D eigenvalue weighted by atomic mass is 19.1. The monoisotopic (exact) mass is 255 g/mol. The number of hydrogen-bond acceptors (Lipinski definition) is 3. The minimum atomic E-state index is -0.817. The Morgan fingerprint density at radius 3 is 2.89 bits per heavy atom. The maximum absolute atomic E-state index is 13.5. The van der Waals surface area contributed by atoms with E-state index in [0.29, 0.717) is 13.2 Å². The van der Waals surface area contributed by atoms with Crippen LogP contribution in [0.3, 0.4) is 0 Å². The number of likely N-dealkylation sites (N-methyl/N-ethyl adjacent to an activating group) is 1. The highest BCUT2D eigenvalue weighted by Gasteiger charge is 2.34. The lowest BCUT2D eigenvalue weighted by atomic mass is 9.93. The van der Waals surface area contributed by atoms with E-state index >= 15 is 0 Å². The van der Waals surface area contributed by atoms with Gasteiger partial charge in [-0.2, -0.15) is 0 Å². The number of carbonyl (C=O) groups excluding carboxylic acids is 1. The van der Waals surface area contributed by atoms with Crippen LogP contribution in [-0.4, -0.2) is 31.6 Å². The second-order valence-corrected chi connectivity index (χ2v) is 4.30. The van der Waals surface area contributed by atoms with E-state index in [1.165, 1.54) is 6.07 Å². The summed E-state index contributed by atoms with van der Waals surface area (Å²) in [7, 11) is 0. The Bertz CT molecular complexity index is 451.